The van der Waals surface area contributed by atoms with Crippen LogP contribution < -0.4 is 63.8 Å². The number of Topliss-reactive ketones (excluding diaryl/α,β-unsaturated/α-hetero) is 3. The summed E-state index contributed by atoms with van der Waals surface area (Å²) in [5, 5.41) is 77.9. The molecular weight excluding hydrogens is 1830 g/mol. The van der Waals surface area contributed by atoms with Gasteiger partial charge >= 0.3 is 11.9 Å². The highest BCUT2D eigenvalue weighted by Gasteiger charge is 2.38. The first kappa shape index (κ1) is 140. The molecule has 17 N–H and O–H groups in total. The number of esters is 1. The number of likely N-dealkylation sites (N-methyl/N-ethyl adjacent to an activating group) is 1. The Bertz CT molecular complexity index is 4630. The molecule has 38 heteroatoms. The van der Waals surface area contributed by atoms with Gasteiger partial charge in [0.05, 0.1) is 49.3 Å². The van der Waals surface area contributed by atoms with E-state index in [1.165, 1.54) is 31.0 Å². The molecule has 2 aliphatic carbocycles. The van der Waals surface area contributed by atoms with Gasteiger partial charge in [-0.2, -0.15) is 20.5 Å². The van der Waals surface area contributed by atoms with Gasteiger partial charge < -0.3 is 78.2 Å². The smallest absolute Gasteiger partial charge is 0.322 e. The molecule has 9 rings (SSSR count). The average Bonchev–Trinajstić information content (AvgIpc) is 1.70. The zero-order valence-corrected chi connectivity index (χ0v) is 97.3. The van der Waals surface area contributed by atoms with Crippen molar-refractivity contribution in [1.29, 1.82) is 0 Å². The number of nitrogens with zero attached hydrogens (tertiary/aromatic N) is 11. The summed E-state index contributed by atoms with van der Waals surface area (Å²) >= 11 is 0. The number of tetrazole rings is 1. The Kier molecular flexibility index (Phi) is 61.5. The van der Waals surface area contributed by atoms with E-state index >= 15 is 0 Å². The van der Waals surface area contributed by atoms with Crippen LogP contribution in [0.3, 0.4) is 0 Å². The largest absolute Gasteiger partial charge is 0.481 e. The van der Waals surface area contributed by atoms with E-state index in [-0.39, 0.29) is 144 Å². The zero-order chi connectivity index (χ0) is 111. The van der Waals surface area contributed by atoms with Crippen molar-refractivity contribution in [3.8, 4) is 0 Å². The van der Waals surface area contributed by atoms with Gasteiger partial charge in [-0.05, 0) is 346 Å². The average molecular weight is 2030 g/mol. The van der Waals surface area contributed by atoms with Crippen LogP contribution in [0.2, 0.25) is 0 Å². The maximum absolute atomic E-state index is 11.5. The summed E-state index contributed by atoms with van der Waals surface area (Å²) in [5.41, 5.74) is 5.81. The number of rotatable bonds is 25. The lowest BCUT2D eigenvalue weighted by Crippen LogP contribution is -2.51. The number of anilines is 5. The summed E-state index contributed by atoms with van der Waals surface area (Å²) in [5.74, 6) is 2.10. The SMILES string of the molecule is C.CC(=O)C(C)(C)CNC(C)(C)C.CC(=O)c1ccc(NC(C)(C)C)cc1.CC(C)(C)NC1CC(C(=O)O)C1.CC(C)(C)NCC(=O)CS(=O)(=O)C1CC1.CC(C)(C)NCCc1ncn[nH]1.CC(C)(C)NCc1nn[nH]n1.CC(C)(C)Nc1ncc[nH]1.CC(C)(C)Nc1ncn[nH]1.CC(NC(C)(C)C)C(=O)N(C)C.COC(=O)C(C)NC(C)(C)C.Cc1ccc(NC(C)(C)C)cc1.Cn1cc(NC(C)(C)C)cn1. The lowest BCUT2D eigenvalue weighted by atomic mass is 9.79. The second-order valence-electron chi connectivity index (χ2n) is 49.1. The van der Waals surface area contributed by atoms with Crippen LogP contribution in [0.5, 0.6) is 0 Å². The van der Waals surface area contributed by atoms with Crippen LogP contribution in [0.15, 0.2) is 86.0 Å². The van der Waals surface area contributed by atoms with Crippen molar-refractivity contribution < 1.29 is 47.0 Å². The molecule has 5 aromatic heterocycles. The van der Waals surface area contributed by atoms with Crippen LogP contribution in [-0.2, 0) is 58.6 Å². The lowest BCUT2D eigenvalue weighted by molar-refractivity contribution is -0.145. The van der Waals surface area contributed by atoms with Crippen molar-refractivity contribution in [2.45, 2.75) is 434 Å². The monoisotopic (exact) mass is 2030 g/mol. The normalized spacial score (nSPS) is 14.2. The van der Waals surface area contributed by atoms with Gasteiger partial charge in [0.15, 0.2) is 33.2 Å². The van der Waals surface area contributed by atoms with Gasteiger partial charge in [-0.15, -0.1) is 10.2 Å². The summed E-state index contributed by atoms with van der Waals surface area (Å²) in [7, 11) is 3.69. The minimum absolute atomic E-state index is 0. The van der Waals surface area contributed by atoms with E-state index in [1.54, 1.807) is 56.8 Å². The van der Waals surface area contributed by atoms with Crippen molar-refractivity contribution in [1.82, 2.24) is 113 Å². The molecule has 0 spiro atoms. The number of H-pyrrole nitrogens is 4. The number of carbonyl (C=O) groups excluding carboxylic acids is 5. The molecule has 2 unspecified atom stereocenters. The summed E-state index contributed by atoms with van der Waals surface area (Å²) in [6, 6.07) is 16.1. The number of benzene rings is 2. The van der Waals surface area contributed by atoms with Crippen LogP contribution in [0.1, 0.15) is 351 Å². The predicted octanol–water partition coefficient (Wildman–Crippen LogP) is 17.6. The second kappa shape index (κ2) is 63.0. The minimum Gasteiger partial charge on any atom is -0.481 e. The number of amides is 1. The maximum Gasteiger partial charge on any atom is 0.322 e. The van der Waals surface area contributed by atoms with Gasteiger partial charge in [-0.3, -0.25) is 43.9 Å². The number of methoxy groups -OCH3 is 1. The Hall–Kier alpha value is -9.70. The third kappa shape index (κ3) is 84.2. The molecule has 2 aliphatic rings. The van der Waals surface area contributed by atoms with Crippen LogP contribution >= 0.6 is 0 Å². The van der Waals surface area contributed by atoms with E-state index in [0.29, 0.717) is 24.4 Å². The van der Waals surface area contributed by atoms with E-state index in [4.69, 9.17) is 5.11 Å². The number of hydrogen-bond acceptors (Lipinski definition) is 30. The molecule has 5 heterocycles. The molecule has 0 aliphatic heterocycles. The molecule has 143 heavy (non-hydrogen) atoms. The van der Waals surface area contributed by atoms with Crippen molar-refractivity contribution in [3.63, 3.8) is 0 Å². The summed E-state index contributed by atoms with van der Waals surface area (Å²) < 4.78 is 29.3. The standard InChI is InChI=1S/C12H17NO.C11H17N.C10H19NO3S.C10H21NO.C9H20N2O.C9H17NO2.C8H16N4.C8H15N3.C8H17NO2.C7H13N3.C6H13N5.C6H12N4.CH4/c1-9(14)10-5-7-11(8-6-10)13-12(2,3)4;1-9-5-7-10(8-6-9)12-11(2,3)4;1-10(2,3)11-6-8(12)7-15(13,14)9-4-5-9;1-8(12)10(5,6)7-11-9(2,3)4;1-7(8(12)11(5)6)10-9(2,3)4;1-9(2,3)10-7-4-6(5-7)8(11)12;1-8(2,3)10-5-4-7-9-6-11-12-7;1-8(2,3)10-7-5-9-11(4)6-7;1-6(7(10)11-5)9-8(2,3)4;1-7(2,3)10-6-8-4-5-9-6;1-6(2,3)7-4-5-8-10-11-9-5;1-6(2,3)9-5-7-4-8-10-5;/h5-8,13H,1-4H3;5-8,12H,1-4H3;9,11H,4-7H2,1-3H3;11H,7H2,1-6H3;7,10H,1-6H3;6-7,10H,4-5H2,1-3H3,(H,11,12);6,10H,4-5H2,1-3H3,(H,9,11,12);5-6,10H,1-4H3;6,9H,1-5H3;4-5H,1-3H3,(H2,8,9,10);7H,4H2,1-3H3,(H,8,9,10,11);4H,1-3H3,(H2,7,8,9,10);1H4. The molecule has 37 nitrogen and oxygen atoms in total. The van der Waals surface area contributed by atoms with Crippen molar-refractivity contribution in [3.05, 3.63) is 109 Å². The number of hydrogen-bond donors (Lipinski definition) is 17. The fraction of sp³-hybridized carbons (Fsp3) is 0.724. The molecule has 7 aromatic rings. The first-order valence-corrected chi connectivity index (χ1v) is 50.8. The molecule has 2 saturated carbocycles. The van der Waals surface area contributed by atoms with Crippen LogP contribution in [0.25, 0.3) is 0 Å². The number of ether oxygens (including phenoxy) is 1. The van der Waals surface area contributed by atoms with Crippen molar-refractivity contribution in [2.75, 3.05) is 73.2 Å². The van der Waals surface area contributed by atoms with E-state index in [9.17, 15) is 37.2 Å². The number of imidazole rings is 1. The molecular formula is C105H201N27O10S. The van der Waals surface area contributed by atoms with Gasteiger partial charge in [0.25, 0.3) is 0 Å². The number of aromatic nitrogens is 14. The third-order valence-electron chi connectivity index (χ3n) is 18.2. The van der Waals surface area contributed by atoms with Crippen molar-refractivity contribution in [2.24, 2.45) is 18.4 Å². The van der Waals surface area contributed by atoms with E-state index in [2.05, 4.69) is 353 Å². The molecule has 1 amide bonds. The minimum atomic E-state index is -3.14. The number of aliphatic carboxylic acids is 1. The molecule has 0 saturated heterocycles. The number of ketones is 3. The van der Waals surface area contributed by atoms with E-state index in [1.807, 2.05) is 127 Å². The molecule has 2 atom stereocenters. The summed E-state index contributed by atoms with van der Waals surface area (Å²) in [6.45, 7) is 90.3. The Morgan fingerprint density at radius 1 is 0.545 bits per heavy atom. The van der Waals surface area contributed by atoms with Gasteiger partial charge in [-0.25, -0.2) is 28.5 Å². The van der Waals surface area contributed by atoms with E-state index in [0.717, 1.165) is 73.9 Å². The van der Waals surface area contributed by atoms with E-state index < -0.39 is 15.8 Å². The second-order valence-corrected chi connectivity index (χ2v) is 51.4. The van der Waals surface area contributed by atoms with Gasteiger partial charge in [-0.1, -0.05) is 44.2 Å². The molecule has 2 fully saturated rings. The highest BCUT2D eigenvalue weighted by Crippen LogP contribution is 2.30. The van der Waals surface area contributed by atoms with Gasteiger partial charge in [0.1, 0.15) is 36.1 Å². The lowest BCUT2D eigenvalue weighted by Gasteiger charge is -2.38. The fourth-order valence-corrected chi connectivity index (χ4v) is 13.0. The van der Waals surface area contributed by atoms with Crippen molar-refractivity contribution >= 4 is 74.0 Å². The molecule has 2 aromatic carbocycles. The number of nitrogens with one attached hydrogen (secondary N) is 16. The number of sulfone groups is 1. The number of carboxylic acid groups (broad SMARTS) is 1. The topological polar surface area (TPSA) is 498 Å². The highest BCUT2D eigenvalue weighted by molar-refractivity contribution is 7.93. The number of carboxylic acids is 1. The third-order valence-corrected chi connectivity index (χ3v) is 20.4. The molecule has 0 radical (unpaired) electrons. The van der Waals surface area contributed by atoms with Crippen LogP contribution in [-0.4, -0.2) is 261 Å². The Morgan fingerprint density at radius 3 is 1.34 bits per heavy atom. The Labute approximate surface area is 863 Å². The van der Waals surface area contributed by atoms with Crippen LogP contribution in [0, 0.1) is 18.3 Å². The number of carbonyl (C=O) groups is 6. The maximum atomic E-state index is 11.5. The fourth-order valence-electron chi connectivity index (χ4n) is 11.4. The first-order valence-electron chi connectivity index (χ1n) is 49.1. The predicted molar refractivity (Wildman–Crippen MR) is 592 cm³/mol. The zero-order valence-electron chi connectivity index (χ0n) is 96.5. The van der Waals surface area contributed by atoms with Gasteiger partial charge in [0, 0.05) is 154 Å². The first-order chi connectivity index (χ1) is 64.0. The summed E-state index contributed by atoms with van der Waals surface area (Å²) in [6.07, 6.45) is 14.3. The van der Waals surface area contributed by atoms with Crippen LogP contribution in [0.4, 0.5) is 29.0 Å². The Morgan fingerprint density at radius 2 is 0.993 bits per heavy atom. The molecule has 0 bridgehead atoms. The highest BCUT2D eigenvalue weighted by atomic mass is 32.2. The van der Waals surface area contributed by atoms with Gasteiger partial charge in [0.2, 0.25) is 11.9 Å². The number of aromatic amines is 4. The molecule has 822 valence electrons. The summed E-state index contributed by atoms with van der Waals surface area (Å²) in [4.78, 5) is 82.9. The Balaban J connectivity index is -0.000000738. The quantitative estimate of drug-likeness (QED) is 0.0187. The number of aryl methyl sites for hydroxylation is 2.